The molecule has 25 heavy (non-hydrogen) atoms. The number of rotatable bonds is 4. The lowest BCUT2D eigenvalue weighted by Gasteiger charge is -2.12. The van der Waals surface area contributed by atoms with Gasteiger partial charge in [-0.1, -0.05) is 29.8 Å². The number of halogens is 1. The van der Waals surface area contributed by atoms with E-state index in [9.17, 15) is 9.59 Å². The zero-order valence-electron chi connectivity index (χ0n) is 13.7. The lowest BCUT2D eigenvalue weighted by atomic mass is 10.2. The van der Waals surface area contributed by atoms with Crippen LogP contribution in [0.2, 0.25) is 5.02 Å². The van der Waals surface area contributed by atoms with E-state index in [1.165, 1.54) is 23.4 Å². The molecule has 0 spiro atoms. The van der Waals surface area contributed by atoms with E-state index in [1.54, 1.807) is 18.3 Å². The number of aromatic nitrogens is 1. The normalized spacial score (nSPS) is 12.1. The average molecular weight is 374 g/mol. The quantitative estimate of drug-likeness (QED) is 0.482. The maximum absolute atomic E-state index is 12.9. The van der Waals surface area contributed by atoms with Gasteiger partial charge in [0.15, 0.2) is 0 Å². The topological polar surface area (TPSA) is 48.3 Å². The number of thioether (sulfide) groups is 1. The van der Waals surface area contributed by atoms with Gasteiger partial charge in [0.2, 0.25) is 5.91 Å². The third-order valence-electron chi connectivity index (χ3n) is 3.83. The smallest absolute Gasteiger partial charge is 0.340 e. The number of hydrogen-bond donors (Lipinski definition) is 0. The first-order valence-corrected chi connectivity index (χ1v) is 8.92. The molecule has 4 nitrogen and oxygen atoms in total. The summed E-state index contributed by atoms with van der Waals surface area (Å²) in [7, 11) is 1.33. The van der Waals surface area contributed by atoms with Crippen LogP contribution < -0.4 is 0 Å². The summed E-state index contributed by atoms with van der Waals surface area (Å²) in [6.45, 7) is 1.84. The van der Waals surface area contributed by atoms with Gasteiger partial charge in [0, 0.05) is 21.5 Å². The van der Waals surface area contributed by atoms with Gasteiger partial charge in [0.1, 0.15) is 0 Å². The van der Waals surface area contributed by atoms with Gasteiger partial charge in [-0.2, -0.15) is 0 Å². The molecule has 6 heteroatoms. The number of esters is 1. The minimum absolute atomic E-state index is 0.105. The summed E-state index contributed by atoms with van der Waals surface area (Å²) in [5.74, 6) is -0.563. The highest BCUT2D eigenvalue weighted by atomic mass is 35.5. The standard InChI is InChI=1S/C19H16ClNO3S/c1-12(25-14-9-7-13(20)8-10-14)18(22)21-11-16(19(23)24-2)15-5-3-4-6-17(15)21/h3-12H,1-2H3/t12-/m1/s1. The summed E-state index contributed by atoms with van der Waals surface area (Å²) in [5, 5.41) is 1.02. The largest absolute Gasteiger partial charge is 0.465 e. The number of nitrogens with zero attached hydrogens (tertiary/aromatic N) is 1. The Kier molecular flexibility index (Phi) is 5.16. The van der Waals surface area contributed by atoms with Crippen molar-refractivity contribution in [1.82, 2.24) is 4.57 Å². The molecule has 0 fully saturated rings. The number of fused-ring (bicyclic) bond motifs is 1. The van der Waals surface area contributed by atoms with Gasteiger partial charge in [-0.05, 0) is 37.3 Å². The van der Waals surface area contributed by atoms with E-state index in [0.29, 0.717) is 21.5 Å². The molecule has 3 aromatic rings. The Morgan fingerprint density at radius 3 is 2.48 bits per heavy atom. The Balaban J connectivity index is 1.93. The number of hydrogen-bond acceptors (Lipinski definition) is 4. The van der Waals surface area contributed by atoms with Crippen molar-refractivity contribution in [2.24, 2.45) is 0 Å². The van der Waals surface area contributed by atoms with Crippen molar-refractivity contribution in [1.29, 1.82) is 0 Å². The molecule has 0 saturated carbocycles. The minimum atomic E-state index is -0.458. The maximum Gasteiger partial charge on any atom is 0.340 e. The Morgan fingerprint density at radius 2 is 1.80 bits per heavy atom. The molecule has 3 rings (SSSR count). The van der Waals surface area contributed by atoms with Crippen molar-refractivity contribution in [2.45, 2.75) is 17.1 Å². The molecule has 0 bridgehead atoms. The van der Waals surface area contributed by atoms with Crippen molar-refractivity contribution in [2.75, 3.05) is 7.11 Å². The molecule has 0 saturated heterocycles. The second-order valence-electron chi connectivity index (χ2n) is 5.47. The Labute approximate surface area is 154 Å². The zero-order chi connectivity index (χ0) is 18.0. The molecule has 0 amide bonds. The molecular formula is C19H16ClNO3S. The molecular weight excluding hydrogens is 358 g/mol. The summed E-state index contributed by atoms with van der Waals surface area (Å²) in [6, 6.07) is 14.6. The fourth-order valence-electron chi connectivity index (χ4n) is 2.60. The van der Waals surface area contributed by atoms with E-state index in [2.05, 4.69) is 0 Å². The molecule has 1 atom stereocenters. The highest BCUT2D eigenvalue weighted by molar-refractivity contribution is 8.00. The highest BCUT2D eigenvalue weighted by Crippen LogP contribution is 2.28. The molecule has 0 aliphatic rings. The van der Waals surface area contributed by atoms with Gasteiger partial charge in [-0.15, -0.1) is 11.8 Å². The highest BCUT2D eigenvalue weighted by Gasteiger charge is 2.22. The molecule has 0 aliphatic carbocycles. The Morgan fingerprint density at radius 1 is 1.12 bits per heavy atom. The molecule has 0 radical (unpaired) electrons. The van der Waals surface area contributed by atoms with Gasteiger partial charge >= 0.3 is 5.97 Å². The van der Waals surface area contributed by atoms with Crippen LogP contribution in [0.5, 0.6) is 0 Å². The van der Waals surface area contributed by atoms with E-state index >= 15 is 0 Å². The monoisotopic (exact) mass is 373 g/mol. The van der Waals surface area contributed by atoms with Crippen molar-refractivity contribution >= 4 is 46.1 Å². The van der Waals surface area contributed by atoms with Crippen LogP contribution in [0.3, 0.4) is 0 Å². The second kappa shape index (κ2) is 7.33. The van der Waals surface area contributed by atoms with Crippen molar-refractivity contribution in [3.8, 4) is 0 Å². The summed E-state index contributed by atoms with van der Waals surface area (Å²) in [4.78, 5) is 25.9. The Bertz CT molecular complexity index is 933. The van der Waals surface area contributed by atoms with Crippen molar-refractivity contribution < 1.29 is 14.3 Å². The van der Waals surface area contributed by atoms with Gasteiger partial charge in [-0.25, -0.2) is 4.79 Å². The molecule has 0 unspecified atom stereocenters. The van der Waals surface area contributed by atoms with Gasteiger partial charge in [0.05, 0.1) is 23.4 Å². The summed E-state index contributed by atoms with van der Waals surface area (Å²) < 4.78 is 6.35. The maximum atomic E-state index is 12.9. The fourth-order valence-corrected chi connectivity index (χ4v) is 3.64. The first-order chi connectivity index (χ1) is 12.0. The number of benzene rings is 2. The molecule has 128 valence electrons. The van der Waals surface area contributed by atoms with E-state index < -0.39 is 5.97 Å². The number of carbonyl (C=O) groups excluding carboxylic acids is 2. The predicted molar refractivity (Wildman–Crippen MR) is 101 cm³/mol. The van der Waals surface area contributed by atoms with Gasteiger partial charge in [-0.3, -0.25) is 9.36 Å². The van der Waals surface area contributed by atoms with E-state index in [1.807, 2.05) is 43.3 Å². The van der Waals surface area contributed by atoms with Crippen molar-refractivity contribution in [3.63, 3.8) is 0 Å². The van der Waals surface area contributed by atoms with Gasteiger partial charge in [0.25, 0.3) is 0 Å². The van der Waals surface area contributed by atoms with Crippen LogP contribution in [0.25, 0.3) is 10.9 Å². The van der Waals surface area contributed by atoms with Crippen LogP contribution in [-0.2, 0) is 4.74 Å². The number of para-hydroxylation sites is 1. The predicted octanol–water partition coefficient (Wildman–Crippen LogP) is 4.90. The van der Waals surface area contributed by atoms with Crippen LogP contribution in [0.15, 0.2) is 59.6 Å². The SMILES string of the molecule is COC(=O)c1cn(C(=O)[C@@H](C)Sc2ccc(Cl)cc2)c2ccccc12. The molecule has 2 aromatic carbocycles. The lowest BCUT2D eigenvalue weighted by Crippen LogP contribution is -2.20. The van der Waals surface area contributed by atoms with Crippen LogP contribution in [0.4, 0.5) is 0 Å². The van der Waals surface area contributed by atoms with Gasteiger partial charge < -0.3 is 4.74 Å². The second-order valence-corrected chi connectivity index (χ2v) is 7.32. The molecule has 1 aromatic heterocycles. The van der Waals surface area contributed by atoms with Crippen LogP contribution in [-0.4, -0.2) is 28.8 Å². The third kappa shape index (κ3) is 3.57. The van der Waals surface area contributed by atoms with E-state index in [-0.39, 0.29) is 11.2 Å². The number of carbonyl (C=O) groups is 2. The average Bonchev–Trinajstić information content (AvgIpc) is 3.02. The third-order valence-corrected chi connectivity index (χ3v) is 5.18. The summed E-state index contributed by atoms with van der Waals surface area (Å²) >= 11 is 7.34. The lowest BCUT2D eigenvalue weighted by molar-refractivity contribution is 0.0603. The van der Waals surface area contributed by atoms with Crippen LogP contribution >= 0.6 is 23.4 Å². The van der Waals surface area contributed by atoms with Crippen molar-refractivity contribution in [3.05, 3.63) is 65.3 Å². The van der Waals surface area contributed by atoms with E-state index in [0.717, 1.165) is 4.90 Å². The summed E-state index contributed by atoms with van der Waals surface area (Å²) in [6.07, 6.45) is 1.55. The van der Waals surface area contributed by atoms with Crippen LogP contribution in [0, 0.1) is 0 Å². The molecule has 0 aliphatic heterocycles. The molecule has 0 N–H and O–H groups in total. The minimum Gasteiger partial charge on any atom is -0.465 e. The van der Waals surface area contributed by atoms with Crippen LogP contribution in [0.1, 0.15) is 22.1 Å². The molecule has 1 heterocycles. The first-order valence-electron chi connectivity index (χ1n) is 7.66. The fraction of sp³-hybridized carbons (Fsp3) is 0.158. The number of methoxy groups -OCH3 is 1. The summed E-state index contributed by atoms with van der Waals surface area (Å²) in [5.41, 5.74) is 1.08. The first kappa shape index (κ1) is 17.6. The Hall–Kier alpha value is -2.24. The zero-order valence-corrected chi connectivity index (χ0v) is 15.3. The number of ether oxygens (including phenoxy) is 1. The van der Waals surface area contributed by atoms with E-state index in [4.69, 9.17) is 16.3 Å².